The Morgan fingerprint density at radius 2 is 2.05 bits per heavy atom. The molecule has 1 aromatic heterocycles. The minimum Gasteiger partial charge on any atom is -0.489 e. The van der Waals surface area contributed by atoms with E-state index in [9.17, 15) is 0 Å². The van der Waals surface area contributed by atoms with Gasteiger partial charge in [-0.25, -0.2) is 4.98 Å². The van der Waals surface area contributed by atoms with E-state index in [-0.39, 0.29) is 5.92 Å². The monoisotopic (exact) mass is 261 g/mol. The third-order valence-electron chi connectivity index (χ3n) is 3.53. The van der Waals surface area contributed by atoms with Gasteiger partial charge in [-0.1, -0.05) is 6.92 Å². The Morgan fingerprint density at radius 3 is 2.74 bits per heavy atom. The lowest BCUT2D eigenvalue weighted by atomic mass is 10.1. The second-order valence-electron chi connectivity index (χ2n) is 4.83. The van der Waals surface area contributed by atoms with Crippen LogP contribution in [-0.4, -0.2) is 29.7 Å². The van der Waals surface area contributed by atoms with E-state index < -0.39 is 0 Å². The SMILES string of the molecule is CCC(CN)c1nc2cc3c(cc2[nH]1)OCCCO3. The summed E-state index contributed by atoms with van der Waals surface area (Å²) in [5.41, 5.74) is 7.66. The molecule has 1 atom stereocenters. The zero-order valence-electron chi connectivity index (χ0n) is 11.1. The lowest BCUT2D eigenvalue weighted by Gasteiger charge is -2.07. The third-order valence-corrected chi connectivity index (χ3v) is 3.53. The number of nitrogens with one attached hydrogen (secondary N) is 1. The van der Waals surface area contributed by atoms with Crippen LogP contribution in [0.2, 0.25) is 0 Å². The molecule has 2 heterocycles. The third kappa shape index (κ3) is 2.26. The molecule has 0 amide bonds. The molecule has 3 N–H and O–H groups in total. The van der Waals surface area contributed by atoms with E-state index in [1.807, 2.05) is 12.1 Å². The highest BCUT2D eigenvalue weighted by Gasteiger charge is 2.16. The molecule has 1 aromatic carbocycles. The number of benzene rings is 1. The second kappa shape index (κ2) is 5.09. The minimum absolute atomic E-state index is 0.272. The van der Waals surface area contributed by atoms with Crippen LogP contribution in [0, 0.1) is 0 Å². The van der Waals surface area contributed by atoms with Crippen molar-refractivity contribution in [2.45, 2.75) is 25.7 Å². The van der Waals surface area contributed by atoms with Gasteiger partial charge in [0.2, 0.25) is 0 Å². The molecule has 0 radical (unpaired) electrons. The van der Waals surface area contributed by atoms with Crippen LogP contribution in [0.4, 0.5) is 0 Å². The largest absolute Gasteiger partial charge is 0.489 e. The minimum atomic E-state index is 0.272. The van der Waals surface area contributed by atoms with E-state index in [2.05, 4.69) is 16.9 Å². The van der Waals surface area contributed by atoms with E-state index in [0.717, 1.165) is 41.2 Å². The van der Waals surface area contributed by atoms with Crippen LogP contribution in [0.1, 0.15) is 31.5 Å². The average molecular weight is 261 g/mol. The normalized spacial score (nSPS) is 16.3. The smallest absolute Gasteiger partial charge is 0.163 e. The van der Waals surface area contributed by atoms with Gasteiger partial charge in [-0.3, -0.25) is 0 Å². The molecule has 0 bridgehead atoms. The molecule has 2 aromatic rings. The number of H-pyrrole nitrogens is 1. The summed E-state index contributed by atoms with van der Waals surface area (Å²) in [7, 11) is 0. The first-order valence-electron chi connectivity index (χ1n) is 6.81. The van der Waals surface area contributed by atoms with Crippen molar-refractivity contribution in [3.63, 3.8) is 0 Å². The maximum Gasteiger partial charge on any atom is 0.163 e. The first-order chi connectivity index (χ1) is 9.31. The molecule has 1 aliphatic heterocycles. The van der Waals surface area contributed by atoms with E-state index in [1.54, 1.807) is 0 Å². The molecule has 0 spiro atoms. The number of nitrogens with two attached hydrogens (primary N) is 1. The summed E-state index contributed by atoms with van der Waals surface area (Å²) in [5, 5.41) is 0. The van der Waals surface area contributed by atoms with Crippen LogP contribution < -0.4 is 15.2 Å². The molecular weight excluding hydrogens is 242 g/mol. The van der Waals surface area contributed by atoms with Gasteiger partial charge in [-0.2, -0.15) is 0 Å². The van der Waals surface area contributed by atoms with Crippen molar-refractivity contribution in [3.8, 4) is 11.5 Å². The predicted molar refractivity (Wildman–Crippen MR) is 73.8 cm³/mol. The van der Waals surface area contributed by atoms with Crippen molar-refractivity contribution in [2.24, 2.45) is 5.73 Å². The van der Waals surface area contributed by atoms with Crippen molar-refractivity contribution in [1.82, 2.24) is 9.97 Å². The molecule has 3 rings (SSSR count). The number of nitrogens with zero attached hydrogens (tertiary/aromatic N) is 1. The summed E-state index contributed by atoms with van der Waals surface area (Å²) in [4.78, 5) is 7.96. The molecule has 0 saturated heterocycles. The molecule has 0 aliphatic carbocycles. The van der Waals surface area contributed by atoms with Crippen LogP contribution in [0.25, 0.3) is 11.0 Å². The molecular formula is C14H19N3O2. The van der Waals surface area contributed by atoms with Gasteiger partial charge in [0, 0.05) is 31.0 Å². The van der Waals surface area contributed by atoms with Crippen LogP contribution in [-0.2, 0) is 0 Å². The van der Waals surface area contributed by atoms with Gasteiger partial charge < -0.3 is 20.2 Å². The Labute approximate surface area is 112 Å². The van der Waals surface area contributed by atoms with Crippen molar-refractivity contribution < 1.29 is 9.47 Å². The van der Waals surface area contributed by atoms with Gasteiger partial charge in [0.05, 0.1) is 24.2 Å². The first kappa shape index (κ1) is 12.3. The highest BCUT2D eigenvalue weighted by molar-refractivity contribution is 5.80. The lowest BCUT2D eigenvalue weighted by Crippen LogP contribution is -2.12. The van der Waals surface area contributed by atoms with E-state index in [4.69, 9.17) is 15.2 Å². The number of aromatic nitrogens is 2. The molecule has 102 valence electrons. The Bertz CT molecular complexity index is 532. The van der Waals surface area contributed by atoms with E-state index in [0.29, 0.717) is 19.8 Å². The molecule has 1 aliphatic rings. The lowest BCUT2D eigenvalue weighted by molar-refractivity contribution is 0.297. The van der Waals surface area contributed by atoms with Crippen LogP contribution in [0.3, 0.4) is 0 Å². The number of rotatable bonds is 3. The number of aromatic amines is 1. The molecule has 0 fully saturated rings. The fourth-order valence-corrected chi connectivity index (χ4v) is 2.35. The Hall–Kier alpha value is -1.75. The second-order valence-corrected chi connectivity index (χ2v) is 4.83. The van der Waals surface area contributed by atoms with Crippen LogP contribution in [0.15, 0.2) is 12.1 Å². The molecule has 19 heavy (non-hydrogen) atoms. The van der Waals surface area contributed by atoms with Crippen LogP contribution in [0.5, 0.6) is 11.5 Å². The zero-order valence-corrected chi connectivity index (χ0v) is 11.1. The topological polar surface area (TPSA) is 73.2 Å². The van der Waals surface area contributed by atoms with Gasteiger partial charge in [0.15, 0.2) is 11.5 Å². The van der Waals surface area contributed by atoms with Crippen molar-refractivity contribution in [3.05, 3.63) is 18.0 Å². The highest BCUT2D eigenvalue weighted by Crippen LogP contribution is 2.34. The van der Waals surface area contributed by atoms with Gasteiger partial charge >= 0.3 is 0 Å². The van der Waals surface area contributed by atoms with E-state index in [1.165, 1.54) is 0 Å². The first-order valence-corrected chi connectivity index (χ1v) is 6.81. The summed E-state index contributed by atoms with van der Waals surface area (Å²) in [6.07, 6.45) is 1.88. The fraction of sp³-hybridized carbons (Fsp3) is 0.500. The van der Waals surface area contributed by atoms with Gasteiger partial charge in [-0.05, 0) is 6.42 Å². The Balaban J connectivity index is 2.03. The maximum absolute atomic E-state index is 5.77. The molecule has 0 saturated carbocycles. The summed E-state index contributed by atoms with van der Waals surface area (Å²) in [6.45, 7) is 4.10. The highest BCUT2D eigenvalue weighted by atomic mass is 16.5. The number of imidazole rings is 1. The number of hydrogen-bond donors (Lipinski definition) is 2. The maximum atomic E-state index is 5.77. The zero-order chi connectivity index (χ0) is 13.2. The van der Waals surface area contributed by atoms with Gasteiger partial charge in [0.25, 0.3) is 0 Å². The standard InChI is InChI=1S/C14H19N3O2/c1-2-9(8-15)14-16-10-6-12-13(7-11(10)17-14)19-5-3-4-18-12/h6-7,9H,2-5,8,15H2,1H3,(H,16,17). The van der Waals surface area contributed by atoms with Crippen molar-refractivity contribution in [2.75, 3.05) is 19.8 Å². The summed E-state index contributed by atoms with van der Waals surface area (Å²) < 4.78 is 11.4. The fourth-order valence-electron chi connectivity index (χ4n) is 2.35. The predicted octanol–water partition coefficient (Wildman–Crippen LogP) is 2.18. The quantitative estimate of drug-likeness (QED) is 0.888. The van der Waals surface area contributed by atoms with Crippen molar-refractivity contribution in [1.29, 1.82) is 0 Å². The number of hydrogen-bond acceptors (Lipinski definition) is 4. The van der Waals surface area contributed by atoms with Gasteiger partial charge in [0.1, 0.15) is 5.82 Å². The summed E-state index contributed by atoms with van der Waals surface area (Å²) in [5.74, 6) is 2.79. The number of ether oxygens (including phenoxy) is 2. The summed E-state index contributed by atoms with van der Waals surface area (Å²) in [6, 6.07) is 3.91. The summed E-state index contributed by atoms with van der Waals surface area (Å²) >= 11 is 0. The number of fused-ring (bicyclic) bond motifs is 2. The molecule has 1 unspecified atom stereocenters. The average Bonchev–Trinajstić information content (AvgIpc) is 2.67. The Kier molecular flexibility index (Phi) is 3.29. The van der Waals surface area contributed by atoms with Crippen LogP contribution >= 0.6 is 0 Å². The van der Waals surface area contributed by atoms with Gasteiger partial charge in [-0.15, -0.1) is 0 Å². The van der Waals surface area contributed by atoms with Crippen molar-refractivity contribution >= 4 is 11.0 Å². The van der Waals surface area contributed by atoms with E-state index >= 15 is 0 Å². The molecule has 5 heteroatoms. The molecule has 5 nitrogen and oxygen atoms in total. The Morgan fingerprint density at radius 1 is 1.32 bits per heavy atom.